The van der Waals surface area contributed by atoms with E-state index in [9.17, 15) is 9.59 Å². The monoisotopic (exact) mass is 318 g/mol. The van der Waals surface area contributed by atoms with Crippen molar-refractivity contribution < 1.29 is 14.2 Å². The van der Waals surface area contributed by atoms with E-state index < -0.39 is 6.04 Å². The summed E-state index contributed by atoms with van der Waals surface area (Å²) in [5.74, 6) is 1.33. The number of aromatic nitrogens is 2. The Morgan fingerprint density at radius 3 is 2.65 bits per heavy atom. The van der Waals surface area contributed by atoms with E-state index in [1.165, 1.54) is 9.80 Å². The van der Waals surface area contributed by atoms with E-state index in [2.05, 4.69) is 16.5 Å². The number of amidine groups is 1. The van der Waals surface area contributed by atoms with Crippen LogP contribution in [-0.4, -0.2) is 45.7 Å². The molecule has 7 heteroatoms. The lowest BCUT2D eigenvalue weighted by Gasteiger charge is -2.33. The first-order valence-electron chi connectivity index (χ1n) is 8.15. The van der Waals surface area contributed by atoms with Gasteiger partial charge in [0.05, 0.1) is 6.54 Å². The average molecular weight is 318 g/mol. The Kier molecular flexibility index (Phi) is 3.74. The standard InChI is InChI=1S/C16H24N5O2/c1-6-7-19-11(4)9-20-12-13(17-15(19)20)18(5)16(23)21(14(12)22)8-10(2)3/h9-10,12H,6-8H2,1-5H3/q+1. The molecule has 1 fully saturated rings. The van der Waals surface area contributed by atoms with Crippen molar-refractivity contribution in [2.24, 2.45) is 10.9 Å². The number of imidazole rings is 1. The number of imide groups is 1. The van der Waals surface area contributed by atoms with E-state index in [1.807, 2.05) is 31.5 Å². The van der Waals surface area contributed by atoms with Gasteiger partial charge in [-0.05, 0) is 19.3 Å². The van der Waals surface area contributed by atoms with E-state index in [1.54, 1.807) is 7.05 Å². The molecule has 3 rings (SSSR count). The Bertz CT molecular complexity index is 704. The summed E-state index contributed by atoms with van der Waals surface area (Å²) < 4.78 is 4.00. The van der Waals surface area contributed by atoms with Gasteiger partial charge in [0.2, 0.25) is 11.9 Å². The van der Waals surface area contributed by atoms with Crippen molar-refractivity contribution in [3.05, 3.63) is 11.9 Å². The van der Waals surface area contributed by atoms with Gasteiger partial charge in [-0.2, -0.15) is 0 Å². The summed E-state index contributed by atoms with van der Waals surface area (Å²) in [5, 5.41) is 0. The number of aryl methyl sites for hydroxylation is 1. The zero-order chi connectivity index (χ0) is 16.9. The third-order valence-electron chi connectivity index (χ3n) is 4.32. The van der Waals surface area contributed by atoms with Gasteiger partial charge >= 0.3 is 12.0 Å². The van der Waals surface area contributed by atoms with Crippen molar-refractivity contribution in [1.29, 1.82) is 0 Å². The largest absolute Gasteiger partial charge is 0.401 e. The number of aliphatic imine (C=N–C) groups is 1. The van der Waals surface area contributed by atoms with Gasteiger partial charge in [-0.25, -0.2) is 13.9 Å². The van der Waals surface area contributed by atoms with E-state index in [0.717, 1.165) is 24.6 Å². The third-order valence-corrected chi connectivity index (χ3v) is 4.32. The predicted octanol–water partition coefficient (Wildman–Crippen LogP) is 1.63. The lowest BCUT2D eigenvalue weighted by Crippen LogP contribution is -2.63. The molecule has 0 aromatic carbocycles. The molecule has 0 N–H and O–H groups in total. The normalized spacial score (nSPS) is 20.3. The zero-order valence-electron chi connectivity index (χ0n) is 14.4. The number of likely N-dealkylation sites (N-methyl/N-ethyl adjacent to an activating group) is 1. The van der Waals surface area contributed by atoms with Crippen LogP contribution in [0.2, 0.25) is 0 Å². The summed E-state index contributed by atoms with van der Waals surface area (Å²) >= 11 is 0. The van der Waals surface area contributed by atoms with Crippen molar-refractivity contribution in [1.82, 2.24) is 14.4 Å². The molecule has 0 saturated carbocycles. The lowest BCUT2D eigenvalue weighted by atomic mass is 10.1. The van der Waals surface area contributed by atoms with Crippen LogP contribution in [0.4, 0.5) is 10.7 Å². The number of fused-ring (bicyclic) bond motifs is 3. The first-order valence-corrected chi connectivity index (χ1v) is 8.15. The number of amides is 3. The van der Waals surface area contributed by atoms with Crippen molar-refractivity contribution in [3.8, 4) is 0 Å². The summed E-state index contributed by atoms with van der Waals surface area (Å²) in [6.45, 7) is 9.40. The molecule has 2 aliphatic heterocycles. The Morgan fingerprint density at radius 1 is 1.35 bits per heavy atom. The van der Waals surface area contributed by atoms with Crippen molar-refractivity contribution in [2.45, 2.75) is 46.7 Å². The highest BCUT2D eigenvalue weighted by atomic mass is 16.2. The fraction of sp³-hybridized carbons (Fsp3) is 0.625. The topological polar surface area (TPSA) is 61.8 Å². The van der Waals surface area contributed by atoms with Crippen LogP contribution in [0.5, 0.6) is 0 Å². The quantitative estimate of drug-likeness (QED) is 0.792. The molecule has 1 aromatic heterocycles. The maximum atomic E-state index is 12.9. The first kappa shape index (κ1) is 15.7. The third kappa shape index (κ3) is 2.26. The predicted molar refractivity (Wildman–Crippen MR) is 85.5 cm³/mol. The molecule has 7 nitrogen and oxygen atoms in total. The smallest absolute Gasteiger partial charge is 0.270 e. The number of carbonyl (C=O) groups is 2. The van der Waals surface area contributed by atoms with E-state index in [0.29, 0.717) is 12.4 Å². The summed E-state index contributed by atoms with van der Waals surface area (Å²) in [6.07, 6.45) is 2.95. The molecular formula is C16H24N5O2+. The van der Waals surface area contributed by atoms with E-state index in [4.69, 9.17) is 0 Å². The summed E-state index contributed by atoms with van der Waals surface area (Å²) in [7, 11) is 1.69. The average Bonchev–Trinajstić information content (AvgIpc) is 2.98. The molecule has 124 valence electrons. The second kappa shape index (κ2) is 5.47. The fourth-order valence-corrected chi connectivity index (χ4v) is 3.26. The fourth-order valence-electron chi connectivity index (χ4n) is 3.26. The van der Waals surface area contributed by atoms with Gasteiger partial charge in [0.1, 0.15) is 11.9 Å². The summed E-state index contributed by atoms with van der Waals surface area (Å²) in [6, 6.07) is -0.813. The number of carbonyl (C=O) groups excluding carboxylic acids is 2. The van der Waals surface area contributed by atoms with Gasteiger partial charge in [-0.3, -0.25) is 14.6 Å². The molecular weight excluding hydrogens is 294 g/mol. The molecule has 3 amide bonds. The maximum Gasteiger partial charge on any atom is 0.401 e. The minimum atomic E-state index is -0.525. The zero-order valence-corrected chi connectivity index (χ0v) is 14.4. The lowest BCUT2D eigenvalue weighted by molar-refractivity contribution is -0.677. The molecule has 0 bridgehead atoms. The molecule has 0 radical (unpaired) electrons. The van der Waals surface area contributed by atoms with Gasteiger partial charge in [-0.1, -0.05) is 25.8 Å². The SMILES string of the molecule is CCCn1c(C)c[n+]2c1N=C1C2C(=O)N(CC(C)C)C(=O)N1C. The molecule has 2 aliphatic rings. The van der Waals surface area contributed by atoms with Crippen LogP contribution in [-0.2, 0) is 11.3 Å². The van der Waals surface area contributed by atoms with Crippen molar-refractivity contribution in [2.75, 3.05) is 13.6 Å². The van der Waals surface area contributed by atoms with Crippen molar-refractivity contribution >= 4 is 23.7 Å². The second-order valence-corrected chi connectivity index (χ2v) is 6.69. The number of urea groups is 1. The van der Waals surface area contributed by atoms with Gasteiger partial charge in [0.15, 0.2) is 0 Å². The number of rotatable bonds is 4. The number of hydrogen-bond acceptors (Lipinski definition) is 3. The van der Waals surface area contributed by atoms with Crippen LogP contribution in [0.25, 0.3) is 0 Å². The van der Waals surface area contributed by atoms with Gasteiger partial charge in [-0.15, -0.1) is 0 Å². The van der Waals surface area contributed by atoms with E-state index in [-0.39, 0.29) is 17.9 Å². The molecule has 0 aliphatic carbocycles. The van der Waals surface area contributed by atoms with Crippen LogP contribution in [0.3, 0.4) is 0 Å². The van der Waals surface area contributed by atoms with Crippen LogP contribution in [0.15, 0.2) is 11.2 Å². The number of hydrogen-bond donors (Lipinski definition) is 0. The Hall–Kier alpha value is -2.18. The summed E-state index contributed by atoms with van der Waals surface area (Å²) in [5.41, 5.74) is 1.08. The van der Waals surface area contributed by atoms with Gasteiger partial charge in [0.25, 0.3) is 5.91 Å². The van der Waals surface area contributed by atoms with Crippen LogP contribution in [0, 0.1) is 12.8 Å². The van der Waals surface area contributed by atoms with Crippen molar-refractivity contribution in [3.63, 3.8) is 0 Å². The minimum absolute atomic E-state index is 0.182. The molecule has 0 spiro atoms. The Balaban J connectivity index is 2.06. The molecule has 1 atom stereocenters. The minimum Gasteiger partial charge on any atom is -0.270 e. The second-order valence-electron chi connectivity index (χ2n) is 6.69. The van der Waals surface area contributed by atoms with Crippen LogP contribution >= 0.6 is 0 Å². The highest BCUT2D eigenvalue weighted by Gasteiger charge is 2.53. The molecule has 1 saturated heterocycles. The first-order chi connectivity index (χ1) is 10.9. The summed E-state index contributed by atoms with van der Waals surface area (Å²) in [4.78, 5) is 32.9. The Labute approximate surface area is 136 Å². The molecule has 1 aromatic rings. The van der Waals surface area contributed by atoms with Gasteiger partial charge in [0, 0.05) is 13.6 Å². The van der Waals surface area contributed by atoms with Gasteiger partial charge < -0.3 is 0 Å². The molecule has 1 unspecified atom stereocenters. The Morgan fingerprint density at radius 2 is 2.04 bits per heavy atom. The maximum absolute atomic E-state index is 12.9. The van der Waals surface area contributed by atoms with Crippen LogP contribution in [0.1, 0.15) is 38.9 Å². The van der Waals surface area contributed by atoms with Crippen LogP contribution < -0.4 is 4.57 Å². The highest BCUT2D eigenvalue weighted by molar-refractivity contribution is 6.19. The van der Waals surface area contributed by atoms with E-state index >= 15 is 0 Å². The molecule has 23 heavy (non-hydrogen) atoms. The highest BCUT2D eigenvalue weighted by Crippen LogP contribution is 2.29. The molecule has 3 heterocycles. The number of nitrogens with zero attached hydrogens (tertiary/aromatic N) is 5.